The first-order chi connectivity index (χ1) is 9.24. The molecule has 0 aromatic carbocycles. The number of anilines is 1. The number of hydrogen-bond donors (Lipinski definition) is 1. The molecule has 19 heavy (non-hydrogen) atoms. The van der Waals surface area contributed by atoms with Gasteiger partial charge >= 0.3 is 0 Å². The van der Waals surface area contributed by atoms with E-state index < -0.39 is 0 Å². The predicted octanol–water partition coefficient (Wildman–Crippen LogP) is 3.47. The summed E-state index contributed by atoms with van der Waals surface area (Å²) >= 11 is 6.22. The van der Waals surface area contributed by atoms with Crippen molar-refractivity contribution in [3.05, 3.63) is 22.8 Å². The smallest absolute Gasteiger partial charge is 0.128 e. The zero-order valence-corrected chi connectivity index (χ0v) is 12.7. The van der Waals surface area contributed by atoms with Crippen molar-refractivity contribution in [3.63, 3.8) is 0 Å². The highest BCUT2D eigenvalue weighted by molar-refractivity contribution is 6.31. The summed E-state index contributed by atoms with van der Waals surface area (Å²) in [6.45, 7) is 8.54. The van der Waals surface area contributed by atoms with E-state index in [0.717, 1.165) is 54.9 Å². The fourth-order valence-corrected chi connectivity index (χ4v) is 2.72. The lowest BCUT2D eigenvalue weighted by molar-refractivity contribution is 0.568. The van der Waals surface area contributed by atoms with Gasteiger partial charge in [0.1, 0.15) is 5.82 Å². The SMILES string of the molecule is CCCNCc1cc(N2CCC(CC)C2)ncc1Cl. The quantitative estimate of drug-likeness (QED) is 0.810. The largest absolute Gasteiger partial charge is 0.356 e. The second kappa shape index (κ2) is 7.11. The van der Waals surface area contributed by atoms with Gasteiger partial charge in [0.05, 0.1) is 5.02 Å². The van der Waals surface area contributed by atoms with Crippen LogP contribution in [0.4, 0.5) is 5.82 Å². The van der Waals surface area contributed by atoms with Crippen molar-refractivity contribution < 1.29 is 0 Å². The van der Waals surface area contributed by atoms with E-state index in [1.54, 1.807) is 6.20 Å². The summed E-state index contributed by atoms with van der Waals surface area (Å²) in [4.78, 5) is 6.87. The molecule has 1 aliphatic heterocycles. The van der Waals surface area contributed by atoms with Crippen LogP contribution in [0.15, 0.2) is 12.3 Å². The van der Waals surface area contributed by atoms with Gasteiger partial charge in [0.15, 0.2) is 0 Å². The Balaban J connectivity index is 2.03. The van der Waals surface area contributed by atoms with E-state index in [-0.39, 0.29) is 0 Å². The average Bonchev–Trinajstić information content (AvgIpc) is 2.90. The van der Waals surface area contributed by atoms with Gasteiger partial charge < -0.3 is 10.2 Å². The monoisotopic (exact) mass is 281 g/mol. The third-order valence-electron chi connectivity index (χ3n) is 3.85. The van der Waals surface area contributed by atoms with Gasteiger partial charge in [-0.05, 0) is 36.9 Å². The summed E-state index contributed by atoms with van der Waals surface area (Å²) in [5.74, 6) is 1.90. The van der Waals surface area contributed by atoms with E-state index in [2.05, 4.69) is 35.1 Å². The maximum atomic E-state index is 6.22. The molecule has 1 saturated heterocycles. The number of nitrogens with zero attached hydrogens (tertiary/aromatic N) is 2. The molecule has 1 atom stereocenters. The van der Waals surface area contributed by atoms with Crippen LogP contribution >= 0.6 is 11.6 Å². The topological polar surface area (TPSA) is 28.2 Å². The van der Waals surface area contributed by atoms with Crippen LogP contribution in [0.5, 0.6) is 0 Å². The van der Waals surface area contributed by atoms with Gasteiger partial charge in [-0.15, -0.1) is 0 Å². The molecule has 2 rings (SSSR count). The van der Waals surface area contributed by atoms with Crippen molar-refractivity contribution >= 4 is 17.4 Å². The highest BCUT2D eigenvalue weighted by Gasteiger charge is 2.22. The molecule has 1 N–H and O–H groups in total. The van der Waals surface area contributed by atoms with E-state index in [4.69, 9.17) is 11.6 Å². The van der Waals surface area contributed by atoms with Crippen LogP contribution < -0.4 is 10.2 Å². The molecule has 4 heteroatoms. The standard InChI is InChI=1S/C15H24ClN3/c1-3-6-17-9-13-8-15(18-10-14(13)16)19-7-5-12(4-2)11-19/h8,10,12,17H,3-7,9,11H2,1-2H3. The number of aromatic nitrogens is 1. The molecule has 0 saturated carbocycles. The van der Waals surface area contributed by atoms with Crippen LogP contribution in [0.2, 0.25) is 5.02 Å². The fraction of sp³-hybridized carbons (Fsp3) is 0.667. The number of nitrogens with one attached hydrogen (secondary N) is 1. The molecule has 0 spiro atoms. The molecule has 106 valence electrons. The number of hydrogen-bond acceptors (Lipinski definition) is 3. The van der Waals surface area contributed by atoms with Crippen molar-refractivity contribution in [1.82, 2.24) is 10.3 Å². The molecule has 1 aliphatic rings. The van der Waals surface area contributed by atoms with Gasteiger partial charge in [-0.2, -0.15) is 0 Å². The lowest BCUT2D eigenvalue weighted by atomic mass is 10.1. The Bertz CT molecular complexity index is 408. The fourth-order valence-electron chi connectivity index (χ4n) is 2.55. The van der Waals surface area contributed by atoms with Gasteiger partial charge in [-0.3, -0.25) is 0 Å². The minimum absolute atomic E-state index is 0.763. The van der Waals surface area contributed by atoms with Crippen LogP contribution in [-0.2, 0) is 6.54 Å². The Hall–Kier alpha value is -0.800. The van der Waals surface area contributed by atoms with Gasteiger partial charge in [0.25, 0.3) is 0 Å². The summed E-state index contributed by atoms with van der Waals surface area (Å²) in [6, 6.07) is 2.14. The highest BCUT2D eigenvalue weighted by Crippen LogP contribution is 2.26. The molecule has 1 fully saturated rings. The van der Waals surface area contributed by atoms with Crippen molar-refractivity contribution in [1.29, 1.82) is 0 Å². The van der Waals surface area contributed by atoms with Crippen molar-refractivity contribution in [2.24, 2.45) is 5.92 Å². The van der Waals surface area contributed by atoms with Crippen LogP contribution in [0.3, 0.4) is 0 Å². The molecule has 1 aromatic heterocycles. The first-order valence-electron chi connectivity index (χ1n) is 7.34. The van der Waals surface area contributed by atoms with E-state index in [9.17, 15) is 0 Å². The second-order valence-corrected chi connectivity index (χ2v) is 5.73. The maximum absolute atomic E-state index is 6.22. The van der Waals surface area contributed by atoms with E-state index in [1.165, 1.54) is 12.8 Å². The molecular weight excluding hydrogens is 258 g/mol. The Morgan fingerprint density at radius 2 is 2.32 bits per heavy atom. The number of pyridine rings is 1. The number of rotatable bonds is 6. The molecular formula is C15H24ClN3. The third-order valence-corrected chi connectivity index (χ3v) is 4.19. The Morgan fingerprint density at radius 1 is 1.47 bits per heavy atom. The lowest BCUT2D eigenvalue weighted by Gasteiger charge is -2.18. The first kappa shape index (κ1) is 14.6. The molecule has 1 unspecified atom stereocenters. The molecule has 3 nitrogen and oxygen atoms in total. The van der Waals surface area contributed by atoms with Crippen molar-refractivity contribution in [3.8, 4) is 0 Å². The second-order valence-electron chi connectivity index (χ2n) is 5.32. The zero-order chi connectivity index (χ0) is 13.7. The zero-order valence-electron chi connectivity index (χ0n) is 12.0. The molecule has 0 aliphatic carbocycles. The van der Waals surface area contributed by atoms with Gasteiger partial charge in [-0.25, -0.2) is 4.98 Å². The first-order valence-corrected chi connectivity index (χ1v) is 7.72. The van der Waals surface area contributed by atoms with Crippen LogP contribution in [0.25, 0.3) is 0 Å². The van der Waals surface area contributed by atoms with Crippen LogP contribution in [0, 0.1) is 5.92 Å². The molecule has 0 radical (unpaired) electrons. The minimum atomic E-state index is 0.763. The maximum Gasteiger partial charge on any atom is 0.128 e. The van der Waals surface area contributed by atoms with Crippen LogP contribution in [-0.4, -0.2) is 24.6 Å². The summed E-state index contributed by atoms with van der Waals surface area (Å²) in [6.07, 6.45) is 5.47. The Kier molecular flexibility index (Phi) is 5.46. The molecule has 1 aromatic rings. The minimum Gasteiger partial charge on any atom is -0.356 e. The summed E-state index contributed by atoms with van der Waals surface area (Å²) < 4.78 is 0. The van der Waals surface area contributed by atoms with E-state index in [1.807, 2.05) is 0 Å². The van der Waals surface area contributed by atoms with Crippen molar-refractivity contribution in [2.45, 2.75) is 39.7 Å². The van der Waals surface area contributed by atoms with E-state index >= 15 is 0 Å². The predicted molar refractivity (Wildman–Crippen MR) is 81.9 cm³/mol. The lowest BCUT2D eigenvalue weighted by Crippen LogP contribution is -2.21. The summed E-state index contributed by atoms with van der Waals surface area (Å²) in [5.41, 5.74) is 1.15. The molecule has 0 amide bonds. The summed E-state index contributed by atoms with van der Waals surface area (Å²) in [5, 5.41) is 4.16. The van der Waals surface area contributed by atoms with Gasteiger partial charge in [0, 0.05) is 25.8 Å². The van der Waals surface area contributed by atoms with Gasteiger partial charge in [0.2, 0.25) is 0 Å². The highest BCUT2D eigenvalue weighted by atomic mass is 35.5. The third kappa shape index (κ3) is 3.83. The Labute approximate surface area is 121 Å². The average molecular weight is 282 g/mol. The van der Waals surface area contributed by atoms with Gasteiger partial charge in [-0.1, -0.05) is 31.9 Å². The van der Waals surface area contributed by atoms with Crippen molar-refractivity contribution in [2.75, 3.05) is 24.5 Å². The van der Waals surface area contributed by atoms with E-state index in [0.29, 0.717) is 0 Å². The van der Waals surface area contributed by atoms with Crippen LogP contribution in [0.1, 0.15) is 38.7 Å². The molecule has 2 heterocycles. The normalized spacial score (nSPS) is 19.1. The summed E-state index contributed by atoms with van der Waals surface area (Å²) in [7, 11) is 0. The Morgan fingerprint density at radius 3 is 3.00 bits per heavy atom. The molecule has 0 bridgehead atoms. The number of halogens is 1.